The summed E-state index contributed by atoms with van der Waals surface area (Å²) in [4.78, 5) is 14.0. The minimum absolute atomic E-state index is 0.120. The third-order valence-corrected chi connectivity index (χ3v) is 6.75. The first-order valence-corrected chi connectivity index (χ1v) is 13.1. The van der Waals surface area contributed by atoms with Crippen molar-refractivity contribution >= 4 is 28.2 Å². The molecule has 1 fully saturated rings. The molecule has 11 heteroatoms. The van der Waals surface area contributed by atoms with Crippen LogP contribution in [0.15, 0.2) is 42.5 Å². The maximum absolute atomic E-state index is 14.7. The predicted molar refractivity (Wildman–Crippen MR) is 149 cm³/mol. The van der Waals surface area contributed by atoms with Gasteiger partial charge in [0.15, 0.2) is 0 Å². The Morgan fingerprint density at radius 1 is 1.18 bits per heavy atom. The Labute approximate surface area is 230 Å². The normalized spacial score (nSPS) is 17.7. The van der Waals surface area contributed by atoms with Gasteiger partial charge < -0.3 is 30.2 Å². The summed E-state index contributed by atoms with van der Waals surface area (Å²) in [5, 5.41) is 9.58. The zero-order chi connectivity index (χ0) is 28.9. The number of rotatable bonds is 8. The number of hydrogen-bond acceptors (Lipinski definition) is 5. The van der Waals surface area contributed by atoms with E-state index in [9.17, 15) is 22.4 Å². The first-order chi connectivity index (χ1) is 19.1. The van der Waals surface area contributed by atoms with Crippen LogP contribution in [0, 0.1) is 11.8 Å². The minimum Gasteiger partial charge on any atom is -0.495 e. The van der Waals surface area contributed by atoms with Crippen LogP contribution >= 0.6 is 0 Å². The van der Waals surface area contributed by atoms with Crippen molar-refractivity contribution in [2.75, 3.05) is 51.0 Å². The molecule has 0 spiro atoms. The number of carbonyl (C=O) groups excluding carboxylic acids is 1. The molecule has 1 aliphatic heterocycles. The Hall–Kier alpha value is -3.91. The summed E-state index contributed by atoms with van der Waals surface area (Å²) in [6.45, 7) is 2.26. The lowest BCUT2D eigenvalue weighted by Crippen LogP contribution is -2.46. The van der Waals surface area contributed by atoms with Gasteiger partial charge in [-0.25, -0.2) is 4.39 Å². The zero-order valence-corrected chi connectivity index (χ0v) is 22.7. The van der Waals surface area contributed by atoms with Crippen molar-refractivity contribution in [1.82, 2.24) is 14.8 Å². The number of nitrogens with zero attached hydrogens (tertiary/aromatic N) is 2. The van der Waals surface area contributed by atoms with Gasteiger partial charge in [-0.3, -0.25) is 4.79 Å². The minimum atomic E-state index is -4.46. The van der Waals surface area contributed by atoms with Crippen LogP contribution in [0.1, 0.15) is 29.4 Å². The second kappa shape index (κ2) is 12.5. The first kappa shape index (κ1) is 29.1. The zero-order valence-electron chi connectivity index (χ0n) is 22.7. The molecule has 0 bridgehead atoms. The van der Waals surface area contributed by atoms with Crippen LogP contribution in [-0.4, -0.2) is 74.1 Å². The van der Waals surface area contributed by atoms with Crippen molar-refractivity contribution in [2.24, 2.45) is 0 Å². The van der Waals surface area contributed by atoms with E-state index in [4.69, 9.17) is 4.74 Å². The van der Waals surface area contributed by atoms with Crippen LogP contribution in [0.5, 0.6) is 5.75 Å². The summed E-state index contributed by atoms with van der Waals surface area (Å²) in [5.41, 5.74) is 2.17. The average molecular weight is 560 g/mol. The maximum Gasteiger partial charge on any atom is 0.406 e. The molecule has 0 unspecified atom stereocenters. The molecule has 3 aromatic rings. The second-order valence-corrected chi connectivity index (χ2v) is 9.72. The van der Waals surface area contributed by atoms with Gasteiger partial charge in [0.2, 0.25) is 0 Å². The molecule has 2 atom stereocenters. The van der Waals surface area contributed by atoms with Gasteiger partial charge >= 0.3 is 6.18 Å². The molecular weight excluding hydrogens is 526 g/mol. The van der Waals surface area contributed by atoms with Crippen molar-refractivity contribution in [3.05, 3.63) is 53.7 Å². The summed E-state index contributed by atoms with van der Waals surface area (Å²) < 4.78 is 61.8. The molecule has 1 saturated heterocycles. The lowest BCUT2D eigenvalue weighted by Gasteiger charge is -2.33. The van der Waals surface area contributed by atoms with E-state index in [0.29, 0.717) is 53.1 Å². The van der Waals surface area contributed by atoms with E-state index in [1.807, 2.05) is 18.9 Å². The van der Waals surface area contributed by atoms with Crippen LogP contribution in [0.4, 0.5) is 28.9 Å². The number of amides is 1. The molecule has 0 aliphatic carbocycles. The van der Waals surface area contributed by atoms with Gasteiger partial charge in [-0.1, -0.05) is 12.0 Å². The number of hydrogen-bond donors (Lipinski definition) is 3. The quantitative estimate of drug-likeness (QED) is 0.271. The molecule has 40 heavy (non-hydrogen) atoms. The Bertz CT molecular complexity index is 1410. The molecule has 3 N–H and O–H groups in total. The van der Waals surface area contributed by atoms with Crippen LogP contribution < -0.4 is 20.7 Å². The lowest BCUT2D eigenvalue weighted by molar-refractivity contribution is -0.140. The second-order valence-electron chi connectivity index (χ2n) is 9.72. The van der Waals surface area contributed by atoms with Crippen molar-refractivity contribution in [3.8, 4) is 17.6 Å². The number of alkyl halides is 4. The molecule has 0 radical (unpaired) electrons. The Kier molecular flexibility index (Phi) is 9.10. The lowest BCUT2D eigenvalue weighted by atomic mass is 10.0. The Balaban J connectivity index is 1.58. The van der Waals surface area contributed by atoms with Gasteiger partial charge in [0, 0.05) is 36.3 Å². The summed E-state index contributed by atoms with van der Waals surface area (Å²) in [6, 6.07) is 11.1. The first-order valence-electron chi connectivity index (χ1n) is 13.1. The standard InChI is InChI=1S/C29H33F4N5O2/c1-4-34-28(39)19-10-11-25(27(15-19)40-3)35-13-6-7-20-16-21-23(36-24-12-14-37(2)17-22(24)30)8-5-9-26(21)38(20)18-29(31,32)33/h5,8-11,15-16,22,24,35-36H,4,12-14,17-18H2,1-3H3,(H,34,39)/t22-,24+/m0/s1. The molecule has 2 aromatic carbocycles. The van der Waals surface area contributed by atoms with E-state index in [0.717, 1.165) is 11.1 Å². The summed E-state index contributed by atoms with van der Waals surface area (Å²) in [5.74, 6) is 5.96. The highest BCUT2D eigenvalue weighted by atomic mass is 19.4. The number of nitrogens with one attached hydrogen (secondary N) is 3. The van der Waals surface area contributed by atoms with Crippen LogP contribution in [0.2, 0.25) is 0 Å². The number of piperidine rings is 1. The van der Waals surface area contributed by atoms with Crippen molar-refractivity contribution in [1.29, 1.82) is 0 Å². The van der Waals surface area contributed by atoms with E-state index in [2.05, 4.69) is 27.8 Å². The maximum atomic E-state index is 14.7. The number of carbonyl (C=O) groups is 1. The molecule has 2 heterocycles. The third-order valence-electron chi connectivity index (χ3n) is 6.75. The van der Waals surface area contributed by atoms with Crippen molar-refractivity contribution in [2.45, 2.75) is 38.3 Å². The van der Waals surface area contributed by atoms with Crippen molar-refractivity contribution < 1.29 is 27.1 Å². The molecule has 4 rings (SSSR count). The molecular formula is C29H33F4N5O2. The van der Waals surface area contributed by atoms with Crippen LogP contribution in [0.25, 0.3) is 10.9 Å². The summed E-state index contributed by atoms with van der Waals surface area (Å²) in [7, 11) is 3.34. The van der Waals surface area contributed by atoms with Gasteiger partial charge in [0.25, 0.3) is 5.91 Å². The largest absolute Gasteiger partial charge is 0.495 e. The number of ether oxygens (including phenoxy) is 1. The highest BCUT2D eigenvalue weighted by molar-refractivity contribution is 5.95. The number of aromatic nitrogens is 1. The van der Waals surface area contributed by atoms with E-state index >= 15 is 0 Å². The van der Waals surface area contributed by atoms with Crippen LogP contribution in [0.3, 0.4) is 0 Å². The van der Waals surface area contributed by atoms with E-state index < -0.39 is 24.9 Å². The van der Waals surface area contributed by atoms with Crippen molar-refractivity contribution in [3.63, 3.8) is 0 Å². The van der Waals surface area contributed by atoms with E-state index in [1.54, 1.807) is 42.5 Å². The van der Waals surface area contributed by atoms with Gasteiger partial charge in [0.1, 0.15) is 18.5 Å². The number of benzene rings is 2. The van der Waals surface area contributed by atoms with E-state index in [1.165, 1.54) is 7.11 Å². The number of likely N-dealkylation sites (tertiary alicyclic amines) is 1. The SMILES string of the molecule is CCNC(=O)c1ccc(NCC#Cc2cc3c(N[C@@H]4CCN(C)C[C@@H]4F)cccc3n2CC(F)(F)F)c(OC)c1. The Morgan fingerprint density at radius 2 is 1.98 bits per heavy atom. The average Bonchev–Trinajstić information content (AvgIpc) is 3.25. The molecule has 7 nitrogen and oxygen atoms in total. The summed E-state index contributed by atoms with van der Waals surface area (Å²) in [6.07, 6.45) is -4.96. The van der Waals surface area contributed by atoms with Gasteiger partial charge in [-0.15, -0.1) is 0 Å². The molecule has 0 saturated carbocycles. The molecule has 214 valence electrons. The third kappa shape index (κ3) is 6.99. The Morgan fingerprint density at radius 3 is 2.67 bits per heavy atom. The molecule has 1 aliphatic rings. The van der Waals surface area contributed by atoms with Crippen LogP contribution in [-0.2, 0) is 6.54 Å². The highest BCUT2D eigenvalue weighted by Crippen LogP contribution is 2.32. The number of methoxy groups -OCH3 is 1. The number of fused-ring (bicyclic) bond motifs is 1. The number of halogens is 4. The fourth-order valence-corrected chi connectivity index (χ4v) is 4.80. The summed E-state index contributed by atoms with van der Waals surface area (Å²) >= 11 is 0. The fraction of sp³-hybridized carbons (Fsp3) is 0.414. The highest BCUT2D eigenvalue weighted by Gasteiger charge is 2.31. The number of anilines is 2. The fourth-order valence-electron chi connectivity index (χ4n) is 4.80. The predicted octanol–water partition coefficient (Wildman–Crippen LogP) is 4.88. The smallest absolute Gasteiger partial charge is 0.406 e. The monoisotopic (exact) mass is 559 g/mol. The van der Waals surface area contributed by atoms with Gasteiger partial charge in [-0.05, 0) is 62.7 Å². The molecule has 1 amide bonds. The van der Waals surface area contributed by atoms with E-state index in [-0.39, 0.29) is 18.1 Å². The molecule has 1 aromatic heterocycles. The topological polar surface area (TPSA) is 70.6 Å². The van der Waals surface area contributed by atoms with Gasteiger partial charge in [0.05, 0.1) is 36.6 Å². The van der Waals surface area contributed by atoms with Gasteiger partial charge in [-0.2, -0.15) is 13.2 Å².